The molecule has 0 amide bonds. The van der Waals surface area contributed by atoms with Crippen LogP contribution in [0, 0.1) is 11.7 Å². The summed E-state index contributed by atoms with van der Waals surface area (Å²) in [4.78, 5) is -0.311. The van der Waals surface area contributed by atoms with E-state index >= 15 is 0 Å². The summed E-state index contributed by atoms with van der Waals surface area (Å²) < 4.78 is 47.3. The third kappa shape index (κ3) is 4.99. The Morgan fingerprint density at radius 3 is 2.57 bits per heavy atom. The van der Waals surface area contributed by atoms with Crippen LogP contribution in [-0.2, 0) is 14.8 Å². The molecule has 23 heavy (non-hydrogen) atoms. The van der Waals surface area contributed by atoms with Gasteiger partial charge in [-0.05, 0) is 30.9 Å². The summed E-state index contributed by atoms with van der Waals surface area (Å²) in [7, 11) is -3.90. The van der Waals surface area contributed by atoms with Crippen LogP contribution in [0.4, 0.5) is 4.39 Å². The molecule has 1 N–H and O–H groups in total. The van der Waals surface area contributed by atoms with Gasteiger partial charge in [0.15, 0.2) is 0 Å². The molecule has 0 radical (unpaired) electrons. The molecule has 0 aromatic heterocycles. The van der Waals surface area contributed by atoms with Crippen LogP contribution in [0.1, 0.15) is 46.0 Å². The first-order valence-electron chi connectivity index (χ1n) is 8.32. The van der Waals surface area contributed by atoms with Crippen molar-refractivity contribution in [3.05, 3.63) is 30.1 Å². The van der Waals surface area contributed by atoms with Crippen LogP contribution in [0.25, 0.3) is 0 Å². The molecule has 0 spiro atoms. The molecular formula is C17H26FNO3S. The van der Waals surface area contributed by atoms with Gasteiger partial charge in [-0.15, -0.1) is 0 Å². The molecule has 0 unspecified atom stereocenters. The molecule has 0 aliphatic heterocycles. The normalized spacial score (nSPS) is 18.9. The lowest BCUT2D eigenvalue weighted by atomic mass is 10.0. The predicted octanol–water partition coefficient (Wildman–Crippen LogP) is 3.48. The van der Waals surface area contributed by atoms with Gasteiger partial charge in [-0.25, -0.2) is 17.5 Å². The Balaban J connectivity index is 2.08. The number of sulfonamides is 1. The van der Waals surface area contributed by atoms with Gasteiger partial charge in [-0.2, -0.15) is 0 Å². The third-order valence-electron chi connectivity index (χ3n) is 4.58. The van der Waals surface area contributed by atoms with Crippen LogP contribution < -0.4 is 4.72 Å². The smallest absolute Gasteiger partial charge is 0.243 e. The average Bonchev–Trinajstić information content (AvgIpc) is 3.04. The van der Waals surface area contributed by atoms with Crippen LogP contribution in [0.5, 0.6) is 0 Å². The monoisotopic (exact) mass is 343 g/mol. The van der Waals surface area contributed by atoms with Crippen molar-refractivity contribution in [1.29, 1.82) is 0 Å². The van der Waals surface area contributed by atoms with Gasteiger partial charge in [0.2, 0.25) is 10.0 Å². The van der Waals surface area contributed by atoms with E-state index in [1.807, 2.05) is 13.8 Å². The van der Waals surface area contributed by atoms with E-state index in [0.29, 0.717) is 6.61 Å². The SMILES string of the molecule is CC[C@H](C)[C@@H](COC1CCCC1)NS(=O)(=O)c1ccccc1F. The minimum atomic E-state index is -3.90. The summed E-state index contributed by atoms with van der Waals surface area (Å²) in [5, 5.41) is 0. The Labute approximate surface area is 138 Å². The van der Waals surface area contributed by atoms with Crippen molar-refractivity contribution in [2.75, 3.05) is 6.61 Å². The lowest BCUT2D eigenvalue weighted by molar-refractivity contribution is 0.0372. The Bertz CT molecular complexity index is 600. The van der Waals surface area contributed by atoms with Gasteiger partial charge in [0.05, 0.1) is 12.7 Å². The molecule has 130 valence electrons. The maximum absolute atomic E-state index is 13.8. The van der Waals surface area contributed by atoms with Crippen LogP contribution >= 0.6 is 0 Å². The molecule has 1 aromatic carbocycles. The van der Waals surface area contributed by atoms with Crippen LogP contribution in [0.3, 0.4) is 0 Å². The van der Waals surface area contributed by atoms with Crippen molar-refractivity contribution < 1.29 is 17.5 Å². The molecule has 0 saturated heterocycles. The van der Waals surface area contributed by atoms with Gasteiger partial charge in [-0.1, -0.05) is 45.2 Å². The minimum Gasteiger partial charge on any atom is -0.377 e. The number of hydrogen-bond acceptors (Lipinski definition) is 3. The van der Waals surface area contributed by atoms with E-state index in [1.54, 1.807) is 0 Å². The van der Waals surface area contributed by atoms with Crippen molar-refractivity contribution >= 4 is 10.0 Å². The second kappa shape index (κ2) is 8.22. The lowest BCUT2D eigenvalue weighted by Gasteiger charge is -2.25. The first kappa shape index (κ1) is 18.4. The highest BCUT2D eigenvalue weighted by atomic mass is 32.2. The third-order valence-corrected chi connectivity index (χ3v) is 6.10. The fourth-order valence-electron chi connectivity index (χ4n) is 2.82. The van der Waals surface area contributed by atoms with E-state index in [0.717, 1.165) is 25.3 Å². The molecule has 2 atom stereocenters. The fraction of sp³-hybridized carbons (Fsp3) is 0.647. The topological polar surface area (TPSA) is 55.4 Å². The predicted molar refractivity (Wildman–Crippen MR) is 88.2 cm³/mol. The van der Waals surface area contributed by atoms with Crippen molar-refractivity contribution in [2.24, 2.45) is 5.92 Å². The highest BCUT2D eigenvalue weighted by Gasteiger charge is 2.27. The van der Waals surface area contributed by atoms with Gasteiger partial charge in [0, 0.05) is 6.04 Å². The zero-order valence-electron chi connectivity index (χ0n) is 13.8. The number of halogens is 1. The van der Waals surface area contributed by atoms with Gasteiger partial charge < -0.3 is 4.74 Å². The number of ether oxygens (including phenoxy) is 1. The molecule has 1 aliphatic carbocycles. The first-order chi connectivity index (χ1) is 10.9. The van der Waals surface area contributed by atoms with Gasteiger partial charge >= 0.3 is 0 Å². The van der Waals surface area contributed by atoms with Crippen molar-refractivity contribution in [1.82, 2.24) is 4.72 Å². The second-order valence-corrected chi connectivity index (χ2v) is 7.97. The van der Waals surface area contributed by atoms with E-state index in [-0.39, 0.29) is 23.0 Å². The average molecular weight is 343 g/mol. The Hall–Kier alpha value is -0.980. The molecule has 0 heterocycles. The highest BCUT2D eigenvalue weighted by molar-refractivity contribution is 7.89. The van der Waals surface area contributed by atoms with Crippen molar-refractivity contribution in [3.63, 3.8) is 0 Å². The van der Waals surface area contributed by atoms with Gasteiger partial charge in [-0.3, -0.25) is 0 Å². The quantitative estimate of drug-likeness (QED) is 0.786. The molecule has 1 aliphatic rings. The lowest BCUT2D eigenvalue weighted by Crippen LogP contribution is -2.43. The molecule has 1 fully saturated rings. The minimum absolute atomic E-state index is 0.109. The fourth-order valence-corrected chi connectivity index (χ4v) is 4.23. The van der Waals surface area contributed by atoms with E-state index in [2.05, 4.69) is 4.72 Å². The van der Waals surface area contributed by atoms with Crippen molar-refractivity contribution in [2.45, 2.75) is 63.0 Å². The standard InChI is InChI=1S/C17H26FNO3S/c1-3-13(2)16(12-22-14-8-4-5-9-14)19-23(20,21)17-11-7-6-10-15(17)18/h6-7,10-11,13-14,16,19H,3-5,8-9,12H2,1-2H3/t13-,16+/m0/s1. The second-order valence-electron chi connectivity index (χ2n) is 6.28. The van der Waals surface area contributed by atoms with Crippen LogP contribution in [0.15, 0.2) is 29.2 Å². The maximum atomic E-state index is 13.8. The molecule has 1 saturated carbocycles. The van der Waals surface area contributed by atoms with Gasteiger partial charge in [0.1, 0.15) is 10.7 Å². The van der Waals surface area contributed by atoms with Crippen LogP contribution in [0.2, 0.25) is 0 Å². The van der Waals surface area contributed by atoms with E-state index in [1.165, 1.54) is 31.0 Å². The highest BCUT2D eigenvalue weighted by Crippen LogP contribution is 2.22. The molecule has 2 rings (SSSR count). The Kier molecular flexibility index (Phi) is 6.56. The summed E-state index contributed by atoms with van der Waals surface area (Å²) in [6, 6.07) is 5.07. The van der Waals surface area contributed by atoms with Gasteiger partial charge in [0.25, 0.3) is 0 Å². The summed E-state index contributed by atoms with van der Waals surface area (Å²) in [6.07, 6.45) is 5.44. The van der Waals surface area contributed by atoms with Crippen molar-refractivity contribution in [3.8, 4) is 0 Å². The molecule has 6 heteroatoms. The molecular weight excluding hydrogens is 317 g/mol. The summed E-state index contributed by atoms with van der Waals surface area (Å²) >= 11 is 0. The summed E-state index contributed by atoms with van der Waals surface area (Å²) in [5.41, 5.74) is 0. The molecule has 1 aromatic rings. The zero-order valence-corrected chi connectivity index (χ0v) is 14.6. The number of hydrogen-bond donors (Lipinski definition) is 1. The van der Waals surface area contributed by atoms with E-state index < -0.39 is 15.8 Å². The van der Waals surface area contributed by atoms with Crippen LogP contribution in [-0.4, -0.2) is 27.2 Å². The Morgan fingerprint density at radius 1 is 1.30 bits per heavy atom. The number of rotatable bonds is 8. The zero-order chi connectivity index (χ0) is 16.9. The summed E-state index contributed by atoms with van der Waals surface area (Å²) in [6.45, 7) is 4.31. The van der Waals surface area contributed by atoms with E-state index in [9.17, 15) is 12.8 Å². The maximum Gasteiger partial charge on any atom is 0.243 e. The molecule has 0 bridgehead atoms. The largest absolute Gasteiger partial charge is 0.377 e. The number of nitrogens with one attached hydrogen (secondary N) is 1. The Morgan fingerprint density at radius 2 is 1.96 bits per heavy atom. The summed E-state index contributed by atoms with van der Waals surface area (Å²) in [5.74, 6) is -0.627. The number of benzene rings is 1. The molecule has 4 nitrogen and oxygen atoms in total. The van der Waals surface area contributed by atoms with E-state index in [4.69, 9.17) is 4.74 Å². The first-order valence-corrected chi connectivity index (χ1v) is 9.80.